The van der Waals surface area contributed by atoms with Crippen LogP contribution in [0.5, 0.6) is 5.88 Å². The van der Waals surface area contributed by atoms with Gasteiger partial charge >= 0.3 is 0 Å². The number of hydrogen-bond donors (Lipinski definition) is 1. The maximum absolute atomic E-state index is 13.2. The van der Waals surface area contributed by atoms with E-state index in [2.05, 4.69) is 20.4 Å². The molecule has 0 aliphatic carbocycles. The Hall–Kier alpha value is -3.68. The van der Waals surface area contributed by atoms with Crippen LogP contribution >= 0.6 is 0 Å². The molecule has 0 radical (unpaired) electrons. The lowest BCUT2D eigenvalue weighted by molar-refractivity contribution is 0.102. The molecule has 28 heavy (non-hydrogen) atoms. The van der Waals surface area contributed by atoms with Crippen LogP contribution < -0.4 is 10.1 Å². The number of nitrogens with one attached hydrogen (secondary N) is 1. The molecule has 0 aromatic carbocycles. The molecule has 1 amide bonds. The third-order valence-corrected chi connectivity index (χ3v) is 4.29. The van der Waals surface area contributed by atoms with Crippen molar-refractivity contribution in [2.75, 3.05) is 11.9 Å². The van der Waals surface area contributed by atoms with Gasteiger partial charge in [0.1, 0.15) is 11.4 Å². The summed E-state index contributed by atoms with van der Waals surface area (Å²) in [5, 5.41) is 8.00. The second-order valence-corrected chi connectivity index (χ2v) is 6.18. The van der Waals surface area contributed by atoms with Crippen molar-refractivity contribution >= 4 is 22.6 Å². The topological polar surface area (TPSA) is 95.1 Å². The molecular formula is C20H19N5O3. The molecule has 4 aromatic heterocycles. The molecule has 0 saturated carbocycles. The van der Waals surface area contributed by atoms with Gasteiger partial charge in [-0.3, -0.25) is 9.48 Å². The van der Waals surface area contributed by atoms with E-state index in [1.54, 1.807) is 54.5 Å². The van der Waals surface area contributed by atoms with Crippen LogP contribution in [0.25, 0.3) is 22.5 Å². The molecule has 0 aliphatic rings. The largest absolute Gasteiger partial charge is 0.476 e. The minimum Gasteiger partial charge on any atom is -0.476 e. The van der Waals surface area contributed by atoms with E-state index in [1.807, 2.05) is 13.8 Å². The first-order chi connectivity index (χ1) is 13.6. The first kappa shape index (κ1) is 17.7. The molecular weight excluding hydrogens is 358 g/mol. The molecule has 0 atom stereocenters. The Bertz CT molecular complexity index is 1150. The van der Waals surface area contributed by atoms with Crippen LogP contribution in [0.3, 0.4) is 0 Å². The summed E-state index contributed by atoms with van der Waals surface area (Å²) in [6, 6.07) is 8.77. The number of carbonyl (C=O) groups excluding carboxylic acids is 1. The zero-order valence-electron chi connectivity index (χ0n) is 15.8. The molecule has 8 heteroatoms. The lowest BCUT2D eigenvalue weighted by Crippen LogP contribution is -2.14. The Kier molecular flexibility index (Phi) is 4.52. The molecule has 142 valence electrons. The molecule has 4 rings (SSSR count). The van der Waals surface area contributed by atoms with Crippen molar-refractivity contribution in [1.82, 2.24) is 19.7 Å². The monoisotopic (exact) mass is 377 g/mol. The first-order valence-electron chi connectivity index (χ1n) is 8.86. The number of nitrogens with zero attached hydrogens (tertiary/aromatic N) is 4. The van der Waals surface area contributed by atoms with Gasteiger partial charge in [0.05, 0.1) is 29.5 Å². The lowest BCUT2D eigenvalue weighted by atomic mass is 10.1. The van der Waals surface area contributed by atoms with Gasteiger partial charge < -0.3 is 14.5 Å². The van der Waals surface area contributed by atoms with Crippen molar-refractivity contribution in [3.8, 4) is 17.3 Å². The van der Waals surface area contributed by atoms with Gasteiger partial charge in [0.25, 0.3) is 5.91 Å². The molecule has 1 N–H and O–H groups in total. The van der Waals surface area contributed by atoms with Gasteiger partial charge in [-0.05, 0) is 44.2 Å². The molecule has 4 heterocycles. The van der Waals surface area contributed by atoms with Crippen LogP contribution in [0.4, 0.5) is 5.69 Å². The van der Waals surface area contributed by atoms with E-state index in [-0.39, 0.29) is 5.91 Å². The highest BCUT2D eigenvalue weighted by Crippen LogP contribution is 2.29. The molecule has 0 saturated heterocycles. The summed E-state index contributed by atoms with van der Waals surface area (Å²) in [7, 11) is 1.80. The van der Waals surface area contributed by atoms with Gasteiger partial charge in [-0.15, -0.1) is 0 Å². The zero-order valence-corrected chi connectivity index (χ0v) is 15.8. The van der Waals surface area contributed by atoms with Crippen LogP contribution in [-0.4, -0.2) is 32.3 Å². The van der Waals surface area contributed by atoms with Crippen LogP contribution in [0.2, 0.25) is 0 Å². The number of furan rings is 1. The van der Waals surface area contributed by atoms with Gasteiger partial charge in [0, 0.05) is 13.2 Å². The molecule has 8 nitrogen and oxygen atoms in total. The van der Waals surface area contributed by atoms with Gasteiger partial charge in [-0.25, -0.2) is 9.97 Å². The van der Waals surface area contributed by atoms with Crippen LogP contribution in [0.1, 0.15) is 23.0 Å². The molecule has 0 aliphatic heterocycles. The third-order valence-electron chi connectivity index (χ3n) is 4.29. The van der Waals surface area contributed by atoms with Crippen molar-refractivity contribution in [1.29, 1.82) is 0 Å². The van der Waals surface area contributed by atoms with Gasteiger partial charge in [0.15, 0.2) is 11.4 Å². The number of hydrogen-bond acceptors (Lipinski definition) is 6. The standard InChI is InChI=1S/C20H19N5O3/c1-4-27-20-14(7-5-9-21-20)23-19(26)13-11-15(16-8-6-10-28-16)22-18-17(13)12(2)24-25(18)3/h5-11H,4H2,1-3H3,(H,23,26). The predicted molar refractivity (Wildman–Crippen MR) is 104 cm³/mol. The Morgan fingerprint density at radius 2 is 2.18 bits per heavy atom. The SMILES string of the molecule is CCOc1ncccc1NC(=O)c1cc(-c2ccco2)nc2c1c(C)nn2C. The number of rotatable bonds is 5. The van der Waals surface area contributed by atoms with E-state index in [0.29, 0.717) is 46.2 Å². The second kappa shape index (κ2) is 7.15. The summed E-state index contributed by atoms with van der Waals surface area (Å²) in [5.74, 6) is 0.647. The fourth-order valence-electron chi connectivity index (χ4n) is 3.10. The first-order valence-corrected chi connectivity index (χ1v) is 8.86. The summed E-state index contributed by atoms with van der Waals surface area (Å²) in [4.78, 5) is 22.0. The van der Waals surface area contributed by atoms with Gasteiger partial charge in [0.2, 0.25) is 5.88 Å². The second-order valence-electron chi connectivity index (χ2n) is 6.18. The number of aromatic nitrogens is 4. The molecule has 4 aromatic rings. The van der Waals surface area contributed by atoms with Crippen molar-refractivity contribution in [2.45, 2.75) is 13.8 Å². The van der Waals surface area contributed by atoms with E-state index in [1.165, 1.54) is 0 Å². The van der Waals surface area contributed by atoms with Crippen LogP contribution in [-0.2, 0) is 7.05 Å². The fraction of sp³-hybridized carbons (Fsp3) is 0.200. The van der Waals surface area contributed by atoms with Crippen molar-refractivity contribution in [3.05, 3.63) is 54.0 Å². The summed E-state index contributed by atoms with van der Waals surface area (Å²) in [6.45, 7) is 4.16. The van der Waals surface area contributed by atoms with E-state index >= 15 is 0 Å². The summed E-state index contributed by atoms with van der Waals surface area (Å²) >= 11 is 0. The molecule has 0 unspecified atom stereocenters. The number of anilines is 1. The average Bonchev–Trinajstić information content (AvgIpc) is 3.32. The summed E-state index contributed by atoms with van der Waals surface area (Å²) in [5.41, 5.74) is 2.83. The van der Waals surface area contributed by atoms with E-state index in [4.69, 9.17) is 9.15 Å². The van der Waals surface area contributed by atoms with Gasteiger partial charge in [-0.1, -0.05) is 0 Å². The summed E-state index contributed by atoms with van der Waals surface area (Å²) < 4.78 is 12.6. The van der Waals surface area contributed by atoms with E-state index < -0.39 is 0 Å². The normalized spacial score (nSPS) is 11.0. The minimum absolute atomic E-state index is 0.301. The van der Waals surface area contributed by atoms with E-state index in [9.17, 15) is 4.79 Å². The Morgan fingerprint density at radius 1 is 1.32 bits per heavy atom. The highest BCUT2D eigenvalue weighted by Gasteiger charge is 2.21. The number of ether oxygens (including phenoxy) is 1. The zero-order chi connectivity index (χ0) is 19.7. The van der Waals surface area contributed by atoms with Crippen molar-refractivity contribution in [2.24, 2.45) is 7.05 Å². The number of fused-ring (bicyclic) bond motifs is 1. The third kappa shape index (κ3) is 3.09. The maximum Gasteiger partial charge on any atom is 0.256 e. The summed E-state index contributed by atoms with van der Waals surface area (Å²) in [6.07, 6.45) is 3.19. The van der Waals surface area contributed by atoms with Crippen molar-refractivity contribution in [3.63, 3.8) is 0 Å². The van der Waals surface area contributed by atoms with Crippen LogP contribution in [0.15, 0.2) is 47.2 Å². The number of amides is 1. The highest BCUT2D eigenvalue weighted by atomic mass is 16.5. The lowest BCUT2D eigenvalue weighted by Gasteiger charge is -2.11. The van der Waals surface area contributed by atoms with Crippen LogP contribution in [0, 0.1) is 6.92 Å². The average molecular weight is 377 g/mol. The van der Waals surface area contributed by atoms with E-state index in [0.717, 1.165) is 5.69 Å². The minimum atomic E-state index is -0.301. The van der Waals surface area contributed by atoms with Gasteiger partial charge in [-0.2, -0.15) is 5.10 Å². The molecule has 0 spiro atoms. The predicted octanol–water partition coefficient (Wildman–Crippen LogP) is 3.58. The smallest absolute Gasteiger partial charge is 0.256 e. The number of carbonyl (C=O) groups is 1. The number of pyridine rings is 2. The maximum atomic E-state index is 13.2. The Labute approximate surface area is 161 Å². The molecule has 0 bridgehead atoms. The fourth-order valence-corrected chi connectivity index (χ4v) is 3.10. The Morgan fingerprint density at radius 3 is 2.93 bits per heavy atom. The highest BCUT2D eigenvalue weighted by molar-refractivity contribution is 6.13. The number of aryl methyl sites for hydroxylation is 2. The quantitative estimate of drug-likeness (QED) is 0.571. The van der Waals surface area contributed by atoms with Crippen molar-refractivity contribution < 1.29 is 13.9 Å². The molecule has 0 fully saturated rings. The Balaban J connectivity index is 1.82.